The highest BCUT2D eigenvalue weighted by molar-refractivity contribution is 5.80. The van der Waals surface area contributed by atoms with E-state index in [0.29, 0.717) is 11.5 Å². The zero-order chi connectivity index (χ0) is 18.4. The summed E-state index contributed by atoms with van der Waals surface area (Å²) in [5.74, 6) is 0.937. The zero-order valence-corrected chi connectivity index (χ0v) is 14.9. The average molecular weight is 341 g/mol. The lowest BCUT2D eigenvalue weighted by molar-refractivity contribution is 0.340. The molecule has 2 aromatic carbocycles. The average Bonchev–Trinajstić information content (AvgIpc) is 2.62. The van der Waals surface area contributed by atoms with Gasteiger partial charge in [0, 0.05) is 6.21 Å². The molecule has 0 aliphatic heterocycles. The number of ether oxygens (including phenoxy) is 2. The van der Waals surface area contributed by atoms with Gasteiger partial charge in [-0.25, -0.2) is 0 Å². The van der Waals surface area contributed by atoms with Crippen LogP contribution in [0.25, 0.3) is 6.08 Å². The van der Waals surface area contributed by atoms with Gasteiger partial charge in [-0.15, -0.1) is 0 Å². The van der Waals surface area contributed by atoms with Gasteiger partial charge >= 0.3 is 0 Å². The number of phenolic OH excluding ortho intramolecular Hbond substituents is 2. The molecule has 0 bridgehead atoms. The normalized spacial score (nSPS) is 13.0. The van der Waals surface area contributed by atoms with Crippen LogP contribution in [0.4, 0.5) is 0 Å². The molecule has 0 aromatic heterocycles. The van der Waals surface area contributed by atoms with Crippen molar-refractivity contribution in [3.05, 3.63) is 53.1 Å². The molecule has 0 heterocycles. The maximum absolute atomic E-state index is 9.97. The van der Waals surface area contributed by atoms with Gasteiger partial charge in [0.25, 0.3) is 0 Å². The number of nitrogens with zero attached hydrogens (tertiary/aromatic N) is 1. The van der Waals surface area contributed by atoms with Crippen molar-refractivity contribution in [2.45, 2.75) is 19.9 Å². The first kappa shape index (κ1) is 18.4. The van der Waals surface area contributed by atoms with E-state index in [1.807, 2.05) is 19.9 Å². The van der Waals surface area contributed by atoms with Crippen LogP contribution in [-0.2, 0) is 0 Å². The van der Waals surface area contributed by atoms with E-state index in [1.54, 1.807) is 42.6 Å². The smallest absolute Gasteiger partial charge is 0.200 e. The summed E-state index contributed by atoms with van der Waals surface area (Å²) >= 11 is 0. The van der Waals surface area contributed by atoms with Crippen LogP contribution < -0.4 is 9.47 Å². The zero-order valence-electron chi connectivity index (χ0n) is 14.9. The molecule has 25 heavy (non-hydrogen) atoms. The summed E-state index contributed by atoms with van der Waals surface area (Å²) in [5.41, 5.74) is 2.82. The Kier molecular flexibility index (Phi) is 6.06. The minimum Gasteiger partial charge on any atom is -0.508 e. The quantitative estimate of drug-likeness (QED) is 0.778. The number of hydrogen-bond acceptors (Lipinski definition) is 5. The van der Waals surface area contributed by atoms with Gasteiger partial charge in [-0.2, -0.15) is 0 Å². The van der Waals surface area contributed by atoms with Crippen molar-refractivity contribution < 1.29 is 19.7 Å². The first-order chi connectivity index (χ1) is 11.9. The Morgan fingerprint density at radius 2 is 1.56 bits per heavy atom. The van der Waals surface area contributed by atoms with Gasteiger partial charge < -0.3 is 19.7 Å². The number of rotatable bonds is 6. The van der Waals surface area contributed by atoms with E-state index < -0.39 is 0 Å². The van der Waals surface area contributed by atoms with Crippen molar-refractivity contribution in [1.82, 2.24) is 0 Å². The topological polar surface area (TPSA) is 71.3 Å². The fourth-order valence-corrected chi connectivity index (χ4v) is 2.26. The van der Waals surface area contributed by atoms with Crippen LogP contribution in [0.3, 0.4) is 0 Å². The van der Waals surface area contributed by atoms with E-state index in [4.69, 9.17) is 9.47 Å². The Balaban J connectivity index is 2.20. The van der Waals surface area contributed by atoms with Crippen LogP contribution >= 0.6 is 0 Å². The highest BCUT2D eigenvalue weighted by Crippen LogP contribution is 2.37. The fraction of sp³-hybridized carbons (Fsp3) is 0.250. The van der Waals surface area contributed by atoms with Crippen molar-refractivity contribution >= 4 is 12.3 Å². The van der Waals surface area contributed by atoms with Crippen molar-refractivity contribution in [1.29, 1.82) is 0 Å². The summed E-state index contributed by atoms with van der Waals surface area (Å²) in [5, 5.41) is 19.3. The van der Waals surface area contributed by atoms with Crippen LogP contribution in [-0.4, -0.2) is 36.7 Å². The Hall–Kier alpha value is -2.95. The lowest BCUT2D eigenvalue weighted by Crippen LogP contribution is -2.00. The van der Waals surface area contributed by atoms with E-state index in [-0.39, 0.29) is 17.5 Å². The van der Waals surface area contributed by atoms with Gasteiger partial charge in [0.15, 0.2) is 11.5 Å². The summed E-state index contributed by atoms with van der Waals surface area (Å²) < 4.78 is 10.4. The molecule has 2 rings (SSSR count). The van der Waals surface area contributed by atoms with Crippen LogP contribution in [0.15, 0.2) is 47.0 Å². The number of methoxy groups -OCH3 is 2. The van der Waals surface area contributed by atoms with Crippen molar-refractivity contribution in [3.63, 3.8) is 0 Å². The molecule has 0 amide bonds. The summed E-state index contributed by atoms with van der Waals surface area (Å²) in [6.45, 7) is 3.99. The van der Waals surface area contributed by atoms with Gasteiger partial charge in [0.05, 0.1) is 20.3 Å². The van der Waals surface area contributed by atoms with Gasteiger partial charge in [0.1, 0.15) is 5.75 Å². The lowest BCUT2D eigenvalue weighted by Gasteiger charge is -2.11. The second kappa shape index (κ2) is 8.24. The predicted octanol–water partition coefficient (Wildman–Crippen LogP) is 4.03. The molecule has 2 aromatic rings. The number of phenols is 2. The molecule has 2 N–H and O–H groups in total. The van der Waals surface area contributed by atoms with E-state index >= 15 is 0 Å². The van der Waals surface area contributed by atoms with E-state index in [2.05, 4.69) is 4.99 Å². The van der Waals surface area contributed by atoms with Crippen molar-refractivity contribution in [2.24, 2.45) is 4.99 Å². The Bertz CT molecular complexity index is 754. The molecule has 132 valence electrons. The summed E-state index contributed by atoms with van der Waals surface area (Å²) in [7, 11) is 3.00. The predicted molar refractivity (Wildman–Crippen MR) is 100 cm³/mol. The molecule has 0 fully saturated rings. The van der Waals surface area contributed by atoms with E-state index in [1.165, 1.54) is 14.2 Å². The molecule has 0 aliphatic rings. The minimum absolute atomic E-state index is 0.0156. The number of aliphatic imine (C=N–C) groups is 1. The van der Waals surface area contributed by atoms with Crippen molar-refractivity contribution in [3.8, 4) is 23.0 Å². The van der Waals surface area contributed by atoms with E-state index in [0.717, 1.165) is 16.7 Å². The molecule has 0 radical (unpaired) electrons. The van der Waals surface area contributed by atoms with Crippen LogP contribution in [0, 0.1) is 0 Å². The first-order valence-electron chi connectivity index (χ1n) is 7.90. The van der Waals surface area contributed by atoms with Gasteiger partial charge in [0.2, 0.25) is 5.75 Å². The highest BCUT2D eigenvalue weighted by atomic mass is 16.5. The number of hydrogen-bond donors (Lipinski definition) is 2. The van der Waals surface area contributed by atoms with E-state index in [9.17, 15) is 10.2 Å². The first-order valence-corrected chi connectivity index (χ1v) is 7.90. The molecule has 0 saturated carbocycles. The lowest BCUT2D eigenvalue weighted by atomic mass is 10.1. The summed E-state index contributed by atoms with van der Waals surface area (Å²) in [4.78, 5) is 4.54. The van der Waals surface area contributed by atoms with Gasteiger partial charge in [-0.3, -0.25) is 4.99 Å². The molecular weight excluding hydrogens is 318 g/mol. The second-order valence-electron chi connectivity index (χ2n) is 5.71. The van der Waals surface area contributed by atoms with Crippen molar-refractivity contribution in [2.75, 3.05) is 14.2 Å². The summed E-state index contributed by atoms with van der Waals surface area (Å²) in [6.07, 6.45) is 3.75. The standard InChI is InChI=1S/C20H23NO4/c1-13(14(2)21-12-15-5-7-17(22)8-6-15)9-16-10-18(24-3)20(23)19(11-16)25-4/h5-12,14,22-23H,1-4H3/b13-9+,21-12?. The fourth-order valence-electron chi connectivity index (χ4n) is 2.26. The molecule has 0 saturated heterocycles. The maximum atomic E-state index is 9.97. The third-order valence-electron chi connectivity index (χ3n) is 3.90. The largest absolute Gasteiger partial charge is 0.508 e. The molecule has 0 aliphatic carbocycles. The number of benzene rings is 2. The minimum atomic E-state index is -0.0282. The second-order valence-corrected chi connectivity index (χ2v) is 5.71. The van der Waals surface area contributed by atoms with Gasteiger partial charge in [-0.1, -0.05) is 6.08 Å². The summed E-state index contributed by atoms with van der Waals surface area (Å²) in [6, 6.07) is 10.3. The Morgan fingerprint density at radius 1 is 1.00 bits per heavy atom. The third-order valence-corrected chi connectivity index (χ3v) is 3.90. The maximum Gasteiger partial charge on any atom is 0.200 e. The molecule has 0 spiro atoms. The molecular formula is C20H23NO4. The molecule has 1 unspecified atom stereocenters. The number of aromatic hydroxyl groups is 2. The third kappa shape index (κ3) is 4.76. The van der Waals surface area contributed by atoms with Crippen LogP contribution in [0.5, 0.6) is 23.0 Å². The van der Waals surface area contributed by atoms with Gasteiger partial charge in [-0.05, 0) is 66.9 Å². The Morgan fingerprint density at radius 3 is 2.08 bits per heavy atom. The molecule has 5 heteroatoms. The SMILES string of the molecule is COc1cc(/C=C(\C)C(C)N=Cc2ccc(O)cc2)cc(OC)c1O. The monoisotopic (exact) mass is 341 g/mol. The highest BCUT2D eigenvalue weighted by Gasteiger charge is 2.11. The molecule has 1 atom stereocenters. The van der Waals surface area contributed by atoms with Crippen LogP contribution in [0.2, 0.25) is 0 Å². The van der Waals surface area contributed by atoms with Crippen LogP contribution in [0.1, 0.15) is 25.0 Å². The Labute approximate surface area is 147 Å². The molecule has 5 nitrogen and oxygen atoms in total.